The molecular formula is C22H23FN2O5. The van der Waals surface area contributed by atoms with E-state index in [2.05, 4.69) is 5.32 Å². The average molecular weight is 414 g/mol. The molecule has 2 aliphatic carbocycles. The Bertz CT molecular complexity index is 896. The fourth-order valence-corrected chi connectivity index (χ4v) is 4.83. The lowest BCUT2D eigenvalue weighted by Gasteiger charge is -2.28. The van der Waals surface area contributed by atoms with Crippen LogP contribution in [0.2, 0.25) is 0 Å². The number of ether oxygens (including phenoxy) is 1. The molecule has 3 amide bonds. The molecule has 1 heterocycles. The summed E-state index contributed by atoms with van der Waals surface area (Å²) in [4.78, 5) is 51.9. The number of carbonyl (C=O) groups excluding carboxylic acids is 4. The molecule has 1 saturated heterocycles. The van der Waals surface area contributed by atoms with E-state index in [1.165, 1.54) is 24.3 Å². The van der Waals surface area contributed by atoms with E-state index in [1.807, 2.05) is 12.2 Å². The molecule has 1 aliphatic heterocycles. The van der Waals surface area contributed by atoms with Crippen LogP contribution in [-0.2, 0) is 23.9 Å². The maximum atomic E-state index is 13.0. The molecule has 8 heteroatoms. The number of carbonyl (C=O) groups is 4. The zero-order chi connectivity index (χ0) is 21.6. The van der Waals surface area contributed by atoms with Crippen molar-refractivity contribution < 1.29 is 28.3 Å². The summed E-state index contributed by atoms with van der Waals surface area (Å²) in [7, 11) is 0. The molecule has 0 spiro atoms. The number of allylic oxidation sites excluding steroid dienone is 2. The van der Waals surface area contributed by atoms with Crippen LogP contribution in [0.15, 0.2) is 36.4 Å². The van der Waals surface area contributed by atoms with E-state index >= 15 is 0 Å². The standard InChI is InChI=1S/C22H23FN2O5/c1-11(2)19(22(29)30-10-16(26)24-15-7-5-14(23)6-8-15)25-20(27)17-12-3-4-13(9-12)18(17)21(25)28/h3-8,11-13,17-19H,9-10H2,1-2H3,(H,24,26)/t12-,13-,17-,18+,19-/m0/s1. The lowest BCUT2D eigenvalue weighted by Crippen LogP contribution is -2.50. The van der Waals surface area contributed by atoms with Gasteiger partial charge >= 0.3 is 5.97 Å². The monoisotopic (exact) mass is 414 g/mol. The van der Waals surface area contributed by atoms with Crippen molar-refractivity contribution in [1.82, 2.24) is 4.90 Å². The average Bonchev–Trinajstić information content (AvgIpc) is 3.38. The SMILES string of the molecule is CC(C)[C@@H](C(=O)OCC(=O)Nc1ccc(F)cc1)N1C(=O)[C@@H]2[C@H](C1=O)[C@H]1C=C[C@H]2C1. The van der Waals surface area contributed by atoms with Crippen molar-refractivity contribution in [2.45, 2.75) is 26.3 Å². The number of likely N-dealkylation sites (tertiary alicyclic amines) is 1. The summed E-state index contributed by atoms with van der Waals surface area (Å²) < 4.78 is 18.1. The van der Waals surface area contributed by atoms with Gasteiger partial charge in [-0.25, -0.2) is 9.18 Å². The number of hydrogen-bond donors (Lipinski definition) is 1. The number of hydrogen-bond acceptors (Lipinski definition) is 5. The highest BCUT2D eigenvalue weighted by Gasteiger charge is 2.61. The minimum absolute atomic E-state index is 0.0479. The van der Waals surface area contributed by atoms with Crippen LogP contribution in [0.3, 0.4) is 0 Å². The van der Waals surface area contributed by atoms with E-state index in [0.717, 1.165) is 11.3 Å². The number of imide groups is 1. The number of esters is 1. The molecule has 5 atom stereocenters. The third-order valence-corrected chi connectivity index (χ3v) is 6.13. The predicted octanol–water partition coefficient (Wildman–Crippen LogP) is 2.14. The van der Waals surface area contributed by atoms with Gasteiger partial charge in [-0.3, -0.25) is 19.3 Å². The van der Waals surface area contributed by atoms with Crippen molar-refractivity contribution >= 4 is 29.4 Å². The Morgan fingerprint density at radius 1 is 1.10 bits per heavy atom. The van der Waals surface area contributed by atoms with Gasteiger partial charge in [0.05, 0.1) is 11.8 Å². The lowest BCUT2D eigenvalue weighted by atomic mass is 9.85. The summed E-state index contributed by atoms with van der Waals surface area (Å²) >= 11 is 0. The first-order valence-corrected chi connectivity index (χ1v) is 10.0. The largest absolute Gasteiger partial charge is 0.454 e. The first kappa shape index (κ1) is 20.3. The Morgan fingerprint density at radius 3 is 2.20 bits per heavy atom. The normalized spacial score (nSPS) is 27.5. The smallest absolute Gasteiger partial charge is 0.330 e. The number of nitrogens with one attached hydrogen (secondary N) is 1. The van der Waals surface area contributed by atoms with Crippen molar-refractivity contribution in [3.8, 4) is 0 Å². The van der Waals surface area contributed by atoms with E-state index in [0.29, 0.717) is 5.69 Å². The van der Waals surface area contributed by atoms with Gasteiger partial charge in [0.25, 0.3) is 5.91 Å². The number of benzene rings is 1. The molecule has 3 aliphatic rings. The third kappa shape index (κ3) is 3.40. The first-order chi connectivity index (χ1) is 14.3. The van der Waals surface area contributed by atoms with Crippen molar-refractivity contribution in [2.24, 2.45) is 29.6 Å². The van der Waals surface area contributed by atoms with Crippen LogP contribution in [0.4, 0.5) is 10.1 Å². The third-order valence-electron chi connectivity index (χ3n) is 6.13. The fraction of sp³-hybridized carbons (Fsp3) is 0.455. The summed E-state index contributed by atoms with van der Waals surface area (Å²) in [6.45, 7) is 2.88. The Kier molecular flexibility index (Phi) is 5.17. The second-order valence-corrected chi connectivity index (χ2v) is 8.40. The molecule has 1 saturated carbocycles. The van der Waals surface area contributed by atoms with Crippen molar-refractivity contribution in [1.29, 1.82) is 0 Å². The number of halogens is 1. The van der Waals surface area contributed by atoms with Crippen LogP contribution < -0.4 is 5.32 Å². The van der Waals surface area contributed by atoms with Crippen molar-refractivity contribution in [3.63, 3.8) is 0 Å². The highest BCUT2D eigenvalue weighted by atomic mass is 19.1. The molecule has 2 bridgehead atoms. The molecule has 7 nitrogen and oxygen atoms in total. The van der Waals surface area contributed by atoms with Crippen molar-refractivity contribution in [3.05, 3.63) is 42.2 Å². The molecule has 0 aromatic heterocycles. The van der Waals surface area contributed by atoms with E-state index < -0.39 is 42.2 Å². The van der Waals surface area contributed by atoms with Crippen molar-refractivity contribution in [2.75, 3.05) is 11.9 Å². The van der Waals surface area contributed by atoms with Crippen LogP contribution in [-0.4, -0.2) is 41.2 Å². The predicted molar refractivity (Wildman–Crippen MR) is 104 cm³/mol. The topological polar surface area (TPSA) is 92.8 Å². The van der Waals surface area contributed by atoms with Gasteiger partial charge in [-0.1, -0.05) is 26.0 Å². The maximum absolute atomic E-state index is 13.0. The molecular weight excluding hydrogens is 391 g/mol. The van der Waals surface area contributed by atoms with Gasteiger partial charge < -0.3 is 10.1 Å². The molecule has 0 radical (unpaired) electrons. The molecule has 158 valence electrons. The number of anilines is 1. The van der Waals surface area contributed by atoms with Crippen LogP contribution in [0.25, 0.3) is 0 Å². The first-order valence-electron chi connectivity index (χ1n) is 10.0. The minimum atomic E-state index is -1.08. The molecule has 4 rings (SSSR count). The van der Waals surface area contributed by atoms with Crippen LogP contribution in [0.5, 0.6) is 0 Å². The van der Waals surface area contributed by atoms with Crippen LogP contribution in [0, 0.1) is 35.4 Å². The second-order valence-electron chi connectivity index (χ2n) is 8.40. The molecule has 2 fully saturated rings. The van der Waals surface area contributed by atoms with Gasteiger partial charge in [0.1, 0.15) is 11.9 Å². The van der Waals surface area contributed by atoms with E-state index in [4.69, 9.17) is 4.74 Å². The number of nitrogens with zero attached hydrogens (tertiary/aromatic N) is 1. The quantitative estimate of drug-likeness (QED) is 0.437. The molecule has 30 heavy (non-hydrogen) atoms. The Balaban J connectivity index is 1.41. The summed E-state index contributed by atoms with van der Waals surface area (Å²) in [6, 6.07) is 4.08. The zero-order valence-electron chi connectivity index (χ0n) is 16.7. The fourth-order valence-electron chi connectivity index (χ4n) is 4.83. The highest BCUT2D eigenvalue weighted by Crippen LogP contribution is 2.53. The second kappa shape index (κ2) is 7.66. The van der Waals surface area contributed by atoms with E-state index in [9.17, 15) is 23.6 Å². The summed E-state index contributed by atoms with van der Waals surface area (Å²) in [5.74, 6) is -3.55. The van der Waals surface area contributed by atoms with E-state index in [-0.39, 0.29) is 29.6 Å². The zero-order valence-corrected chi connectivity index (χ0v) is 16.7. The van der Waals surface area contributed by atoms with Gasteiger partial charge in [0, 0.05) is 5.69 Å². The highest BCUT2D eigenvalue weighted by molar-refractivity contribution is 6.09. The van der Waals surface area contributed by atoms with Crippen LogP contribution in [0.1, 0.15) is 20.3 Å². The molecule has 1 aromatic rings. The number of rotatable bonds is 6. The van der Waals surface area contributed by atoms with Gasteiger partial charge in [-0.2, -0.15) is 0 Å². The van der Waals surface area contributed by atoms with E-state index in [1.54, 1.807) is 13.8 Å². The summed E-state index contributed by atoms with van der Waals surface area (Å²) in [5.41, 5.74) is 0.360. The molecule has 0 unspecified atom stereocenters. The van der Waals surface area contributed by atoms with Gasteiger partial charge in [0.2, 0.25) is 11.8 Å². The maximum Gasteiger partial charge on any atom is 0.330 e. The number of fused-ring (bicyclic) bond motifs is 5. The summed E-state index contributed by atoms with van der Waals surface area (Å²) in [5, 5.41) is 2.49. The van der Waals surface area contributed by atoms with Gasteiger partial charge in [-0.15, -0.1) is 0 Å². The number of amides is 3. The Morgan fingerprint density at radius 2 is 1.67 bits per heavy atom. The minimum Gasteiger partial charge on any atom is -0.454 e. The Labute approximate surface area is 173 Å². The lowest BCUT2D eigenvalue weighted by molar-refractivity contribution is -0.162. The van der Waals surface area contributed by atoms with Gasteiger partial charge in [0.15, 0.2) is 6.61 Å². The molecule has 1 aromatic carbocycles. The summed E-state index contributed by atoms with van der Waals surface area (Å²) in [6.07, 6.45) is 4.78. The Hall–Kier alpha value is -3.03. The molecule has 1 N–H and O–H groups in total. The van der Waals surface area contributed by atoms with Gasteiger partial charge in [-0.05, 0) is 48.4 Å². The van der Waals surface area contributed by atoms with Crippen LogP contribution >= 0.6 is 0 Å².